The van der Waals surface area contributed by atoms with Crippen LogP contribution < -0.4 is 4.74 Å². The normalized spacial score (nSPS) is 13.0. The van der Waals surface area contributed by atoms with Gasteiger partial charge in [0.2, 0.25) is 0 Å². The van der Waals surface area contributed by atoms with Gasteiger partial charge in [-0.15, -0.1) is 11.3 Å². The number of nitriles is 1. The molecule has 2 aromatic carbocycles. The van der Waals surface area contributed by atoms with Gasteiger partial charge in [-0.05, 0) is 70.2 Å². The summed E-state index contributed by atoms with van der Waals surface area (Å²) in [6, 6.07) is 15.4. The Kier molecular flexibility index (Phi) is 7.88. The van der Waals surface area contributed by atoms with Gasteiger partial charge in [0, 0.05) is 34.8 Å². The van der Waals surface area contributed by atoms with E-state index in [0.29, 0.717) is 36.1 Å². The van der Waals surface area contributed by atoms with E-state index in [2.05, 4.69) is 53.2 Å². The van der Waals surface area contributed by atoms with Crippen LogP contribution in [0.5, 0.6) is 5.75 Å². The molecule has 0 aliphatic rings. The molecule has 4 aromatic rings. The molecular weight excluding hydrogens is 470 g/mol. The van der Waals surface area contributed by atoms with Gasteiger partial charge >= 0.3 is 0 Å². The molecule has 2 aromatic heterocycles. The Labute approximate surface area is 215 Å². The lowest BCUT2D eigenvalue weighted by molar-refractivity contribution is 0.0935. The highest BCUT2D eigenvalue weighted by Gasteiger charge is 2.20. The number of imidazole rings is 1. The SMILES string of the molecule is Cc1csc2nc(-c3ccc(C[C@H](CC(=O)c4ccc(OC(C)C)c(C#N)c4)CC(C)O)cc3)cn12. The second-order valence-electron chi connectivity index (χ2n) is 9.62. The molecule has 2 atom stereocenters. The molecule has 4 rings (SSSR count). The average molecular weight is 502 g/mol. The maximum atomic E-state index is 13.1. The van der Waals surface area contributed by atoms with E-state index in [0.717, 1.165) is 21.8 Å². The third-order valence-corrected chi connectivity index (χ3v) is 7.05. The highest BCUT2D eigenvalue weighted by atomic mass is 32.1. The minimum atomic E-state index is -0.514. The molecule has 2 heterocycles. The fraction of sp³-hybridized carbons (Fsp3) is 0.345. The number of carbonyl (C=O) groups excluding carboxylic acids is 1. The molecule has 6 nitrogen and oxygen atoms in total. The van der Waals surface area contributed by atoms with Gasteiger partial charge in [-0.3, -0.25) is 9.20 Å². The lowest BCUT2D eigenvalue weighted by atomic mass is 9.87. The van der Waals surface area contributed by atoms with E-state index in [9.17, 15) is 15.2 Å². The fourth-order valence-corrected chi connectivity index (χ4v) is 5.28. The smallest absolute Gasteiger partial charge is 0.194 e. The second-order valence-corrected chi connectivity index (χ2v) is 10.5. The average Bonchev–Trinajstić information content (AvgIpc) is 3.41. The molecule has 0 amide bonds. The minimum absolute atomic E-state index is 0.0268. The molecule has 1 N–H and O–H groups in total. The number of nitrogens with zero attached hydrogens (tertiary/aromatic N) is 3. The summed E-state index contributed by atoms with van der Waals surface area (Å²) < 4.78 is 7.77. The van der Waals surface area contributed by atoms with Crippen LogP contribution in [0.25, 0.3) is 16.2 Å². The lowest BCUT2D eigenvalue weighted by Gasteiger charge is -2.19. The molecule has 0 saturated carbocycles. The van der Waals surface area contributed by atoms with E-state index >= 15 is 0 Å². The predicted octanol–water partition coefficient (Wildman–Crippen LogP) is 6.23. The minimum Gasteiger partial charge on any atom is -0.490 e. The van der Waals surface area contributed by atoms with Crippen LogP contribution in [0.15, 0.2) is 54.0 Å². The zero-order valence-electron chi connectivity index (χ0n) is 21.1. The molecule has 0 aliphatic carbocycles. The van der Waals surface area contributed by atoms with E-state index in [1.165, 1.54) is 5.69 Å². The molecule has 1 unspecified atom stereocenters. The van der Waals surface area contributed by atoms with Crippen molar-refractivity contribution in [2.75, 3.05) is 0 Å². The van der Waals surface area contributed by atoms with E-state index in [-0.39, 0.29) is 17.8 Å². The van der Waals surface area contributed by atoms with Crippen molar-refractivity contribution in [3.8, 4) is 23.1 Å². The van der Waals surface area contributed by atoms with Crippen LogP contribution in [0.3, 0.4) is 0 Å². The van der Waals surface area contributed by atoms with E-state index in [1.54, 1.807) is 36.5 Å². The number of fused-ring (bicyclic) bond motifs is 1. The molecule has 0 radical (unpaired) electrons. The van der Waals surface area contributed by atoms with Crippen LogP contribution >= 0.6 is 11.3 Å². The Morgan fingerprint density at radius 1 is 1.19 bits per heavy atom. The zero-order chi connectivity index (χ0) is 25.8. The van der Waals surface area contributed by atoms with Crippen molar-refractivity contribution < 1.29 is 14.6 Å². The summed E-state index contributed by atoms with van der Waals surface area (Å²) in [5, 5.41) is 21.7. The summed E-state index contributed by atoms with van der Waals surface area (Å²) in [6.45, 7) is 7.60. The number of rotatable bonds is 10. The molecule has 186 valence electrons. The molecule has 0 spiro atoms. The monoisotopic (exact) mass is 501 g/mol. The van der Waals surface area contributed by atoms with Crippen molar-refractivity contribution in [1.29, 1.82) is 5.26 Å². The first-order valence-corrected chi connectivity index (χ1v) is 13.1. The van der Waals surface area contributed by atoms with Crippen LogP contribution in [0, 0.1) is 24.2 Å². The van der Waals surface area contributed by atoms with Gasteiger partial charge in [0.25, 0.3) is 0 Å². The number of benzene rings is 2. The Morgan fingerprint density at radius 2 is 1.94 bits per heavy atom. The summed E-state index contributed by atoms with van der Waals surface area (Å²) in [6.07, 6.45) is 2.96. The number of hydrogen-bond acceptors (Lipinski definition) is 6. The molecule has 0 aliphatic heterocycles. The van der Waals surface area contributed by atoms with Gasteiger partial charge < -0.3 is 9.84 Å². The predicted molar refractivity (Wildman–Crippen MR) is 143 cm³/mol. The number of aromatic nitrogens is 2. The van der Waals surface area contributed by atoms with Gasteiger partial charge in [-0.2, -0.15) is 5.26 Å². The van der Waals surface area contributed by atoms with E-state index in [4.69, 9.17) is 9.72 Å². The van der Waals surface area contributed by atoms with Crippen molar-refractivity contribution in [3.05, 3.63) is 76.4 Å². The maximum absolute atomic E-state index is 13.1. The summed E-state index contributed by atoms with van der Waals surface area (Å²) >= 11 is 1.63. The number of Topliss-reactive ketones (excluding diaryl/α,β-unsaturated/α-hetero) is 1. The summed E-state index contributed by atoms with van der Waals surface area (Å²) in [4.78, 5) is 18.8. The van der Waals surface area contributed by atoms with Gasteiger partial charge in [0.1, 0.15) is 11.8 Å². The van der Waals surface area contributed by atoms with Crippen LogP contribution in [0.4, 0.5) is 0 Å². The highest BCUT2D eigenvalue weighted by molar-refractivity contribution is 7.15. The van der Waals surface area contributed by atoms with Crippen LogP contribution in [-0.4, -0.2) is 32.5 Å². The number of thiazole rings is 1. The molecule has 0 saturated heterocycles. The number of ketones is 1. The quantitative estimate of drug-likeness (QED) is 0.260. The number of hydrogen-bond donors (Lipinski definition) is 1. The van der Waals surface area contributed by atoms with Crippen LogP contribution in [0.2, 0.25) is 0 Å². The van der Waals surface area contributed by atoms with Crippen molar-refractivity contribution >= 4 is 22.1 Å². The van der Waals surface area contributed by atoms with Gasteiger partial charge in [0.05, 0.1) is 23.5 Å². The largest absolute Gasteiger partial charge is 0.490 e. The molecule has 7 heteroatoms. The Morgan fingerprint density at radius 3 is 2.58 bits per heavy atom. The van der Waals surface area contributed by atoms with Crippen molar-refractivity contribution in [1.82, 2.24) is 9.38 Å². The lowest BCUT2D eigenvalue weighted by Crippen LogP contribution is -2.17. The number of ether oxygens (including phenoxy) is 1. The van der Waals surface area contributed by atoms with E-state index < -0.39 is 6.10 Å². The van der Waals surface area contributed by atoms with Crippen molar-refractivity contribution in [2.24, 2.45) is 5.92 Å². The third kappa shape index (κ3) is 6.01. The van der Waals surface area contributed by atoms with Crippen LogP contribution in [-0.2, 0) is 6.42 Å². The van der Waals surface area contributed by atoms with E-state index in [1.807, 2.05) is 13.8 Å². The van der Waals surface area contributed by atoms with Crippen molar-refractivity contribution in [3.63, 3.8) is 0 Å². The first-order valence-electron chi connectivity index (χ1n) is 12.2. The molecule has 0 fully saturated rings. The highest BCUT2D eigenvalue weighted by Crippen LogP contribution is 2.27. The Bertz CT molecular complexity index is 1390. The Hall–Kier alpha value is -3.47. The number of aliphatic hydroxyl groups is 1. The summed E-state index contributed by atoms with van der Waals surface area (Å²) in [5.41, 5.74) is 5.10. The molecule has 36 heavy (non-hydrogen) atoms. The summed E-state index contributed by atoms with van der Waals surface area (Å²) in [7, 11) is 0. The fourth-order valence-electron chi connectivity index (χ4n) is 4.43. The van der Waals surface area contributed by atoms with Gasteiger partial charge in [-0.1, -0.05) is 24.3 Å². The first-order chi connectivity index (χ1) is 17.2. The number of aliphatic hydroxyl groups excluding tert-OH is 1. The standard InChI is InChI=1S/C29H31N3O3S/c1-18(2)35-28-10-9-24(14-25(28)15-30)27(34)13-22(11-20(4)33)12-21-5-7-23(8-6-21)26-16-32-19(3)17-36-29(32)31-26/h5-10,14,16-18,20,22,33H,11-13H2,1-4H3/t20?,22-/m1/s1. The van der Waals surface area contributed by atoms with Gasteiger partial charge in [-0.25, -0.2) is 4.98 Å². The number of aryl methyl sites for hydroxylation is 1. The second kappa shape index (κ2) is 11.1. The molecular formula is C29H31N3O3S. The topological polar surface area (TPSA) is 87.6 Å². The maximum Gasteiger partial charge on any atom is 0.194 e. The van der Waals surface area contributed by atoms with Crippen molar-refractivity contribution in [2.45, 2.75) is 59.2 Å². The third-order valence-electron chi connectivity index (χ3n) is 6.10. The Balaban J connectivity index is 1.47. The van der Waals surface area contributed by atoms with Crippen LogP contribution in [0.1, 0.15) is 60.8 Å². The first kappa shape index (κ1) is 25.6. The molecule has 0 bridgehead atoms. The zero-order valence-corrected chi connectivity index (χ0v) is 21.9. The summed E-state index contributed by atoms with van der Waals surface area (Å²) in [5.74, 6) is 0.414. The number of carbonyl (C=O) groups is 1. The van der Waals surface area contributed by atoms with Gasteiger partial charge in [0.15, 0.2) is 10.7 Å².